The van der Waals surface area contributed by atoms with E-state index in [0.29, 0.717) is 6.42 Å². The Hall–Kier alpha value is -2.15. The first-order valence-electron chi connectivity index (χ1n) is 12.2. The Balaban J connectivity index is 2.01. The molecule has 0 fully saturated rings. The summed E-state index contributed by atoms with van der Waals surface area (Å²) in [4.78, 5) is 27.3. The monoisotopic (exact) mass is 635 g/mol. The molecule has 0 saturated heterocycles. The quantitative estimate of drug-likeness (QED) is 0.0682. The number of aryl methyl sites for hydroxylation is 1. The topological polar surface area (TPSA) is 128 Å². The first-order valence-corrected chi connectivity index (χ1v) is 15.3. The van der Waals surface area contributed by atoms with Gasteiger partial charge in [-0.1, -0.05) is 97.2 Å². The summed E-state index contributed by atoms with van der Waals surface area (Å²) in [5.41, 5.74) is 3.40. The summed E-state index contributed by atoms with van der Waals surface area (Å²) >= 11 is 23.5. The lowest BCUT2D eigenvalue weighted by atomic mass is 10.1. The van der Waals surface area contributed by atoms with Gasteiger partial charge in [-0.25, -0.2) is 8.42 Å². The maximum atomic E-state index is 12.8. The van der Waals surface area contributed by atoms with Crippen molar-refractivity contribution < 1.29 is 18.0 Å². The van der Waals surface area contributed by atoms with Crippen molar-refractivity contribution in [1.29, 1.82) is 0 Å². The van der Waals surface area contributed by atoms with E-state index >= 15 is 0 Å². The molecule has 0 aliphatic heterocycles. The summed E-state index contributed by atoms with van der Waals surface area (Å²) in [6.07, 6.45) is 3.99. The number of hydrogen-bond acceptors (Lipinski definition) is 5. The van der Waals surface area contributed by atoms with Crippen LogP contribution in [-0.2, 0) is 14.8 Å². The number of benzene rings is 2. The second kappa shape index (κ2) is 15.6. The van der Waals surface area contributed by atoms with Gasteiger partial charge in [-0.3, -0.25) is 15.0 Å². The van der Waals surface area contributed by atoms with Gasteiger partial charge in [0.25, 0.3) is 15.9 Å². The lowest BCUT2D eigenvalue weighted by Crippen LogP contribution is -2.56. The van der Waals surface area contributed by atoms with Gasteiger partial charge in [0, 0.05) is 6.42 Å². The fourth-order valence-electron chi connectivity index (χ4n) is 3.36. The standard InChI is InChI=1S/C25H32Cl3N5O4S2/c1-3-4-5-6-7-12-21(34)30-23(25(26,27)28)31-24(38)29-20-11-9-8-10-19(20)22(35)32-33-39(36,37)18-15-13-17(2)14-16-18/h8-11,13-16,23,33H,3-7,12H2,1-2H3,(H,30,34)(H,32,35)(H2,29,31,38). The second-order valence-electron chi connectivity index (χ2n) is 8.72. The molecule has 0 aliphatic carbocycles. The van der Waals surface area contributed by atoms with Gasteiger partial charge in [0.15, 0.2) is 5.11 Å². The average Bonchev–Trinajstić information content (AvgIpc) is 2.87. The summed E-state index contributed by atoms with van der Waals surface area (Å²) in [6.45, 7) is 3.94. The minimum atomic E-state index is -4.00. The highest BCUT2D eigenvalue weighted by Gasteiger charge is 2.34. The largest absolute Gasteiger partial charge is 0.339 e. The number of anilines is 1. The van der Waals surface area contributed by atoms with Crippen LogP contribution in [0.15, 0.2) is 53.4 Å². The molecule has 2 aromatic carbocycles. The van der Waals surface area contributed by atoms with Crippen LogP contribution in [0, 0.1) is 6.92 Å². The van der Waals surface area contributed by atoms with E-state index in [9.17, 15) is 18.0 Å². The van der Waals surface area contributed by atoms with Crippen LogP contribution in [-0.4, -0.2) is 35.3 Å². The van der Waals surface area contributed by atoms with Crippen LogP contribution in [0.2, 0.25) is 0 Å². The normalized spacial score (nSPS) is 12.3. The molecule has 0 spiro atoms. The highest BCUT2D eigenvalue weighted by atomic mass is 35.6. The van der Waals surface area contributed by atoms with Crippen LogP contribution in [0.1, 0.15) is 61.4 Å². The summed E-state index contributed by atoms with van der Waals surface area (Å²) in [6, 6.07) is 12.4. The van der Waals surface area contributed by atoms with E-state index < -0.39 is 25.9 Å². The SMILES string of the molecule is CCCCCCCC(=O)NC(NC(=S)Nc1ccccc1C(=O)NNS(=O)(=O)c1ccc(C)cc1)C(Cl)(Cl)Cl. The molecule has 0 radical (unpaired) electrons. The van der Waals surface area contributed by atoms with Crippen LogP contribution in [0.25, 0.3) is 0 Å². The summed E-state index contributed by atoms with van der Waals surface area (Å²) in [5, 5.41) is 8.15. The summed E-state index contributed by atoms with van der Waals surface area (Å²) in [7, 11) is -4.00. The Morgan fingerprint density at radius 3 is 2.23 bits per heavy atom. The van der Waals surface area contributed by atoms with Gasteiger partial charge in [0.2, 0.25) is 9.70 Å². The molecule has 39 heavy (non-hydrogen) atoms. The predicted molar refractivity (Wildman–Crippen MR) is 160 cm³/mol. The number of carbonyl (C=O) groups is 2. The summed E-state index contributed by atoms with van der Waals surface area (Å²) in [5.74, 6) is -1.05. The van der Waals surface area contributed by atoms with E-state index in [1.165, 1.54) is 18.2 Å². The van der Waals surface area contributed by atoms with Crippen LogP contribution in [0.5, 0.6) is 0 Å². The smallest absolute Gasteiger partial charge is 0.268 e. The maximum absolute atomic E-state index is 12.8. The van der Waals surface area contributed by atoms with Crippen LogP contribution in [0.4, 0.5) is 5.69 Å². The third-order valence-electron chi connectivity index (χ3n) is 5.47. The van der Waals surface area contributed by atoms with E-state index in [1.807, 2.05) is 6.92 Å². The summed E-state index contributed by atoms with van der Waals surface area (Å²) < 4.78 is 23.1. The molecule has 2 aromatic rings. The Morgan fingerprint density at radius 1 is 0.949 bits per heavy atom. The number of hydrazine groups is 1. The van der Waals surface area contributed by atoms with Gasteiger partial charge in [0.05, 0.1) is 16.1 Å². The van der Waals surface area contributed by atoms with Crippen LogP contribution < -0.4 is 26.2 Å². The van der Waals surface area contributed by atoms with Crippen LogP contribution in [0.3, 0.4) is 0 Å². The van der Waals surface area contributed by atoms with E-state index in [1.54, 1.807) is 30.3 Å². The fraction of sp³-hybridized carbons (Fsp3) is 0.400. The van der Waals surface area contributed by atoms with E-state index in [4.69, 9.17) is 47.0 Å². The lowest BCUT2D eigenvalue weighted by Gasteiger charge is -2.28. The molecule has 0 bridgehead atoms. The number of para-hydroxylation sites is 1. The molecule has 0 aromatic heterocycles. The zero-order valence-corrected chi connectivity index (χ0v) is 25.4. The highest BCUT2D eigenvalue weighted by Crippen LogP contribution is 2.29. The van der Waals surface area contributed by atoms with Crippen LogP contribution >= 0.6 is 47.0 Å². The maximum Gasteiger partial charge on any atom is 0.268 e. The van der Waals surface area contributed by atoms with Gasteiger partial charge in [-0.2, -0.15) is 0 Å². The first-order chi connectivity index (χ1) is 18.3. The zero-order chi connectivity index (χ0) is 29.1. The number of rotatable bonds is 13. The number of alkyl halides is 3. The van der Waals surface area contributed by atoms with Crippen molar-refractivity contribution in [3.05, 3.63) is 59.7 Å². The molecule has 0 heterocycles. The fourth-order valence-corrected chi connectivity index (χ4v) is 4.75. The number of halogens is 3. The molecule has 0 saturated carbocycles. The minimum Gasteiger partial charge on any atom is -0.339 e. The molecule has 5 N–H and O–H groups in total. The van der Waals surface area contributed by atoms with Gasteiger partial charge in [-0.15, -0.1) is 4.83 Å². The molecule has 1 atom stereocenters. The first kappa shape index (κ1) is 33.1. The van der Waals surface area contributed by atoms with Crippen molar-refractivity contribution in [1.82, 2.24) is 20.9 Å². The molecule has 14 heteroatoms. The zero-order valence-electron chi connectivity index (χ0n) is 21.5. The number of nitrogens with one attached hydrogen (secondary N) is 5. The molecule has 1 unspecified atom stereocenters. The Bertz CT molecular complexity index is 1240. The minimum absolute atomic E-state index is 0.00839. The van der Waals surface area contributed by atoms with Crippen molar-refractivity contribution in [2.45, 2.75) is 67.2 Å². The molecular weight excluding hydrogens is 605 g/mol. The Morgan fingerprint density at radius 2 is 1.59 bits per heavy atom. The number of thiocarbonyl (C=S) groups is 1. The number of hydrogen-bond donors (Lipinski definition) is 5. The molecule has 2 amide bonds. The number of unbranched alkanes of at least 4 members (excludes halogenated alkanes) is 4. The molecule has 0 aliphatic rings. The highest BCUT2D eigenvalue weighted by molar-refractivity contribution is 7.89. The van der Waals surface area contributed by atoms with Crippen molar-refractivity contribution in [3.63, 3.8) is 0 Å². The molecule has 2 rings (SSSR count). The predicted octanol–water partition coefficient (Wildman–Crippen LogP) is 5.08. The van der Waals surface area contributed by atoms with Crippen molar-refractivity contribution in [2.75, 3.05) is 5.32 Å². The Labute approximate surface area is 249 Å². The molecular formula is C25H32Cl3N5O4S2. The van der Waals surface area contributed by atoms with Gasteiger partial charge in [-0.05, 0) is 49.8 Å². The second-order valence-corrected chi connectivity index (χ2v) is 13.2. The Kier molecular flexibility index (Phi) is 13.2. The molecule has 214 valence electrons. The van der Waals surface area contributed by atoms with Crippen molar-refractivity contribution >= 4 is 79.7 Å². The van der Waals surface area contributed by atoms with E-state index in [0.717, 1.165) is 31.2 Å². The van der Waals surface area contributed by atoms with Gasteiger partial charge in [0.1, 0.15) is 6.17 Å². The third-order valence-corrected chi connectivity index (χ3v) is 7.60. The average molecular weight is 637 g/mol. The van der Waals surface area contributed by atoms with Gasteiger partial charge >= 0.3 is 0 Å². The third kappa shape index (κ3) is 11.5. The molecule has 9 nitrogen and oxygen atoms in total. The van der Waals surface area contributed by atoms with Gasteiger partial charge < -0.3 is 16.0 Å². The van der Waals surface area contributed by atoms with E-state index in [-0.39, 0.29) is 33.6 Å². The van der Waals surface area contributed by atoms with Crippen molar-refractivity contribution in [3.8, 4) is 0 Å². The van der Waals surface area contributed by atoms with Crippen molar-refractivity contribution in [2.24, 2.45) is 0 Å². The van der Waals surface area contributed by atoms with E-state index in [2.05, 4.69) is 33.1 Å². The number of carbonyl (C=O) groups excluding carboxylic acids is 2. The number of amides is 2. The lowest BCUT2D eigenvalue weighted by molar-refractivity contribution is -0.122. The number of sulfonamides is 1.